The molecular formula is C16H22BrF2N. The molecular weight excluding hydrogens is 324 g/mol. The summed E-state index contributed by atoms with van der Waals surface area (Å²) in [7, 11) is 0. The number of hydrogen-bond donors (Lipinski definition) is 0. The van der Waals surface area contributed by atoms with Gasteiger partial charge in [0.2, 0.25) is 0 Å². The Morgan fingerprint density at radius 2 is 1.90 bits per heavy atom. The number of benzene rings is 1. The maximum Gasteiger partial charge on any atom is 0.144 e. The summed E-state index contributed by atoms with van der Waals surface area (Å²) in [5.41, 5.74) is 0.187. The first-order valence-corrected chi connectivity index (χ1v) is 8.14. The Morgan fingerprint density at radius 3 is 2.50 bits per heavy atom. The Kier molecular flexibility index (Phi) is 5.56. The van der Waals surface area contributed by atoms with E-state index in [1.165, 1.54) is 25.0 Å². The highest BCUT2D eigenvalue weighted by Gasteiger charge is 2.25. The molecule has 0 spiro atoms. The summed E-state index contributed by atoms with van der Waals surface area (Å²) in [5, 5.41) is 0. The highest BCUT2D eigenvalue weighted by Crippen LogP contribution is 2.28. The second-order valence-corrected chi connectivity index (χ2v) is 6.94. The zero-order valence-electron chi connectivity index (χ0n) is 12.1. The molecule has 1 aromatic rings. The van der Waals surface area contributed by atoms with Gasteiger partial charge in [0, 0.05) is 24.7 Å². The molecule has 1 aromatic carbocycles. The van der Waals surface area contributed by atoms with E-state index in [-0.39, 0.29) is 5.56 Å². The monoisotopic (exact) mass is 345 g/mol. The average molecular weight is 346 g/mol. The van der Waals surface area contributed by atoms with Gasteiger partial charge in [0.1, 0.15) is 11.6 Å². The first-order valence-electron chi connectivity index (χ1n) is 7.35. The van der Waals surface area contributed by atoms with Crippen molar-refractivity contribution in [1.82, 2.24) is 4.90 Å². The molecule has 4 heteroatoms. The van der Waals surface area contributed by atoms with Crippen LogP contribution in [0.1, 0.15) is 45.1 Å². The minimum atomic E-state index is -0.461. The fraction of sp³-hybridized carbons (Fsp3) is 0.625. The Hall–Kier alpha value is -0.480. The Balaban J connectivity index is 2.20. The predicted molar refractivity (Wildman–Crippen MR) is 81.6 cm³/mol. The van der Waals surface area contributed by atoms with E-state index in [1.54, 1.807) is 0 Å². The van der Waals surface area contributed by atoms with Crippen LogP contribution in [0.4, 0.5) is 8.78 Å². The van der Waals surface area contributed by atoms with Gasteiger partial charge in [0.05, 0.1) is 4.47 Å². The molecule has 112 valence electrons. The van der Waals surface area contributed by atoms with Crippen molar-refractivity contribution >= 4 is 15.9 Å². The van der Waals surface area contributed by atoms with Crippen LogP contribution in [0.5, 0.6) is 0 Å². The van der Waals surface area contributed by atoms with Gasteiger partial charge < -0.3 is 0 Å². The molecule has 0 N–H and O–H groups in total. The summed E-state index contributed by atoms with van der Waals surface area (Å²) >= 11 is 3.14. The van der Waals surface area contributed by atoms with Crippen molar-refractivity contribution in [2.24, 2.45) is 5.92 Å². The van der Waals surface area contributed by atoms with Crippen LogP contribution in [-0.2, 0) is 6.54 Å². The number of halogens is 3. The van der Waals surface area contributed by atoms with Crippen molar-refractivity contribution in [1.29, 1.82) is 0 Å². The summed E-state index contributed by atoms with van der Waals surface area (Å²) in [6.07, 6.45) is 4.74. The molecule has 1 aliphatic rings. The highest BCUT2D eigenvalue weighted by atomic mass is 79.9. The van der Waals surface area contributed by atoms with Crippen LogP contribution in [0, 0.1) is 17.6 Å². The van der Waals surface area contributed by atoms with E-state index >= 15 is 0 Å². The van der Waals surface area contributed by atoms with Crippen LogP contribution in [0.2, 0.25) is 0 Å². The highest BCUT2D eigenvalue weighted by molar-refractivity contribution is 9.10. The first kappa shape index (κ1) is 15.9. The van der Waals surface area contributed by atoms with Crippen molar-refractivity contribution in [2.75, 3.05) is 6.54 Å². The molecule has 1 nitrogen and oxygen atoms in total. The van der Waals surface area contributed by atoms with E-state index in [4.69, 9.17) is 0 Å². The van der Waals surface area contributed by atoms with Crippen molar-refractivity contribution in [3.8, 4) is 0 Å². The van der Waals surface area contributed by atoms with E-state index < -0.39 is 11.6 Å². The van der Waals surface area contributed by atoms with E-state index in [9.17, 15) is 8.78 Å². The number of rotatable bonds is 5. The van der Waals surface area contributed by atoms with Crippen LogP contribution in [0.15, 0.2) is 16.6 Å². The molecule has 0 bridgehead atoms. The molecule has 0 heterocycles. The van der Waals surface area contributed by atoms with E-state index in [1.807, 2.05) is 0 Å². The van der Waals surface area contributed by atoms with Crippen molar-refractivity contribution in [2.45, 2.75) is 52.1 Å². The maximum absolute atomic E-state index is 14.1. The second-order valence-electron chi connectivity index (χ2n) is 6.08. The smallest absolute Gasteiger partial charge is 0.144 e. The fourth-order valence-corrected chi connectivity index (χ4v) is 3.37. The number of hydrogen-bond acceptors (Lipinski definition) is 1. The molecule has 20 heavy (non-hydrogen) atoms. The predicted octanol–water partition coefficient (Wildman–Crippen LogP) is 5.13. The van der Waals surface area contributed by atoms with Gasteiger partial charge in [-0.15, -0.1) is 0 Å². The van der Waals surface area contributed by atoms with Gasteiger partial charge in [-0.3, -0.25) is 4.90 Å². The topological polar surface area (TPSA) is 3.24 Å². The lowest BCUT2D eigenvalue weighted by atomic mass is 10.1. The largest absolute Gasteiger partial charge is 0.296 e. The molecule has 0 atom stereocenters. The second kappa shape index (κ2) is 6.99. The quantitative estimate of drug-likeness (QED) is 0.668. The van der Waals surface area contributed by atoms with Gasteiger partial charge in [0.15, 0.2) is 0 Å². The molecule has 0 saturated heterocycles. The summed E-state index contributed by atoms with van der Waals surface area (Å²) in [5.74, 6) is -0.414. The van der Waals surface area contributed by atoms with Crippen molar-refractivity contribution < 1.29 is 8.78 Å². The summed E-state index contributed by atoms with van der Waals surface area (Å²) in [6, 6.07) is 3.23. The Morgan fingerprint density at radius 1 is 1.25 bits per heavy atom. The van der Waals surface area contributed by atoms with Gasteiger partial charge in [0.25, 0.3) is 0 Å². The van der Waals surface area contributed by atoms with Crippen molar-refractivity contribution in [3.05, 3.63) is 33.8 Å². The van der Waals surface area contributed by atoms with Crippen molar-refractivity contribution in [3.63, 3.8) is 0 Å². The lowest BCUT2D eigenvalue weighted by molar-refractivity contribution is 0.164. The summed E-state index contributed by atoms with van der Waals surface area (Å²) in [6.45, 7) is 5.54. The van der Waals surface area contributed by atoms with Gasteiger partial charge in [-0.2, -0.15) is 0 Å². The van der Waals surface area contributed by atoms with Gasteiger partial charge in [-0.05, 0) is 46.8 Å². The average Bonchev–Trinajstić information content (AvgIpc) is 2.91. The first-order chi connectivity index (χ1) is 9.49. The molecule has 0 radical (unpaired) electrons. The third-order valence-corrected chi connectivity index (χ3v) is 4.55. The van der Waals surface area contributed by atoms with Crippen LogP contribution in [0.25, 0.3) is 0 Å². The van der Waals surface area contributed by atoms with Crippen LogP contribution < -0.4 is 0 Å². The summed E-state index contributed by atoms with van der Waals surface area (Å²) < 4.78 is 28.4. The van der Waals surface area contributed by atoms with E-state index in [0.29, 0.717) is 23.0 Å². The third kappa shape index (κ3) is 3.79. The maximum atomic E-state index is 14.1. The van der Waals surface area contributed by atoms with Crippen LogP contribution in [-0.4, -0.2) is 17.5 Å². The SMILES string of the molecule is CC(C)CN(Cc1c(F)ccc(Br)c1F)C1CCCC1. The van der Waals surface area contributed by atoms with Gasteiger partial charge >= 0.3 is 0 Å². The Bertz CT molecular complexity index is 456. The molecule has 1 aliphatic carbocycles. The molecule has 2 rings (SSSR count). The minimum Gasteiger partial charge on any atom is -0.296 e. The lowest BCUT2D eigenvalue weighted by Gasteiger charge is -2.30. The normalized spacial score (nSPS) is 16.6. The lowest BCUT2D eigenvalue weighted by Crippen LogP contribution is -2.36. The van der Waals surface area contributed by atoms with Gasteiger partial charge in [-0.1, -0.05) is 26.7 Å². The summed E-state index contributed by atoms with van der Waals surface area (Å²) in [4.78, 5) is 2.26. The standard InChI is InChI=1S/C16H22BrF2N/c1-11(2)9-20(12-5-3-4-6-12)10-13-15(18)8-7-14(17)16(13)19/h7-8,11-12H,3-6,9-10H2,1-2H3. The molecule has 0 amide bonds. The van der Waals surface area contributed by atoms with Gasteiger partial charge in [-0.25, -0.2) is 8.78 Å². The molecule has 0 unspecified atom stereocenters. The fourth-order valence-electron chi connectivity index (χ4n) is 3.00. The van der Waals surface area contributed by atoms with Crippen LogP contribution in [0.3, 0.4) is 0 Å². The van der Waals surface area contributed by atoms with E-state index in [2.05, 4.69) is 34.7 Å². The Labute approximate surface area is 128 Å². The molecule has 1 saturated carbocycles. The zero-order valence-corrected chi connectivity index (χ0v) is 13.7. The van der Waals surface area contributed by atoms with E-state index in [0.717, 1.165) is 19.4 Å². The minimum absolute atomic E-state index is 0.187. The third-order valence-electron chi connectivity index (χ3n) is 3.94. The molecule has 0 aromatic heterocycles. The molecule has 0 aliphatic heterocycles. The zero-order chi connectivity index (χ0) is 14.7. The molecule has 1 fully saturated rings. The number of nitrogens with zero attached hydrogens (tertiary/aromatic N) is 1. The van der Waals surface area contributed by atoms with Crippen LogP contribution >= 0.6 is 15.9 Å².